The van der Waals surface area contributed by atoms with Crippen molar-refractivity contribution in [3.05, 3.63) is 82.3 Å². The normalized spacial score (nSPS) is 16.0. The van der Waals surface area contributed by atoms with Gasteiger partial charge in [-0.25, -0.2) is 9.18 Å². The summed E-state index contributed by atoms with van der Waals surface area (Å²) >= 11 is 0. The molecule has 150 valence electrons. The lowest BCUT2D eigenvalue weighted by Crippen LogP contribution is -2.25. The number of ether oxygens (including phenoxy) is 1. The fourth-order valence-electron chi connectivity index (χ4n) is 3.06. The maximum Gasteiger partial charge on any atom is 0.416 e. The van der Waals surface area contributed by atoms with E-state index in [1.165, 1.54) is 37.3 Å². The van der Waals surface area contributed by atoms with Gasteiger partial charge in [0, 0.05) is 16.9 Å². The molecule has 0 aliphatic carbocycles. The maximum atomic E-state index is 14.1. The zero-order valence-corrected chi connectivity index (χ0v) is 15.4. The highest BCUT2D eigenvalue weighted by Crippen LogP contribution is 2.38. The highest BCUT2D eigenvalue weighted by atomic mass is 19.4. The van der Waals surface area contributed by atoms with Gasteiger partial charge >= 0.3 is 12.1 Å². The third-order valence-electron chi connectivity index (χ3n) is 4.43. The minimum atomic E-state index is -4.60. The summed E-state index contributed by atoms with van der Waals surface area (Å²) in [7, 11) is 1.11. The molecular weight excluding hydrogens is 390 g/mol. The summed E-state index contributed by atoms with van der Waals surface area (Å²) in [5, 5.41) is 0. The predicted octanol–water partition coefficient (Wildman–Crippen LogP) is 4.72. The van der Waals surface area contributed by atoms with Crippen LogP contribution in [0.15, 0.2) is 65.4 Å². The van der Waals surface area contributed by atoms with Crippen molar-refractivity contribution in [1.29, 1.82) is 0 Å². The molecule has 0 fully saturated rings. The van der Waals surface area contributed by atoms with Gasteiger partial charge in [-0.1, -0.05) is 24.3 Å². The molecule has 0 spiro atoms. The van der Waals surface area contributed by atoms with Crippen molar-refractivity contribution in [2.24, 2.45) is 0 Å². The highest BCUT2D eigenvalue weighted by Gasteiger charge is 2.39. The van der Waals surface area contributed by atoms with Gasteiger partial charge in [0.05, 0.1) is 23.8 Å². The van der Waals surface area contributed by atoms with Crippen LogP contribution in [0.1, 0.15) is 18.1 Å². The average molecular weight is 405 g/mol. The highest BCUT2D eigenvalue weighted by molar-refractivity contribution is 6.23. The first-order valence-electron chi connectivity index (χ1n) is 8.42. The van der Waals surface area contributed by atoms with E-state index in [0.29, 0.717) is 0 Å². The third-order valence-corrected chi connectivity index (χ3v) is 4.43. The topological polar surface area (TPSA) is 46.6 Å². The molecule has 0 aromatic heterocycles. The van der Waals surface area contributed by atoms with E-state index in [9.17, 15) is 27.2 Å². The Hall–Kier alpha value is -3.42. The summed E-state index contributed by atoms with van der Waals surface area (Å²) in [4.78, 5) is 26.3. The van der Waals surface area contributed by atoms with Crippen molar-refractivity contribution < 1.29 is 31.9 Å². The van der Waals surface area contributed by atoms with Crippen LogP contribution in [0, 0.1) is 5.82 Å². The summed E-state index contributed by atoms with van der Waals surface area (Å²) in [5.41, 5.74) is -1.18. The number of esters is 1. The van der Waals surface area contributed by atoms with Crippen LogP contribution in [-0.4, -0.2) is 19.0 Å². The smallest absolute Gasteiger partial charge is 0.416 e. The van der Waals surface area contributed by atoms with Gasteiger partial charge in [-0.15, -0.1) is 0 Å². The Labute approximate surface area is 163 Å². The van der Waals surface area contributed by atoms with Gasteiger partial charge in [0.1, 0.15) is 5.82 Å². The predicted molar refractivity (Wildman–Crippen MR) is 98.0 cm³/mol. The van der Waals surface area contributed by atoms with Crippen molar-refractivity contribution in [2.75, 3.05) is 12.0 Å². The van der Waals surface area contributed by atoms with E-state index >= 15 is 0 Å². The Morgan fingerprint density at radius 2 is 1.79 bits per heavy atom. The third kappa shape index (κ3) is 3.78. The number of nitrogens with zero attached hydrogens (tertiary/aromatic N) is 1. The molecule has 0 unspecified atom stereocenters. The fraction of sp³-hybridized carbons (Fsp3) is 0.143. The molecule has 0 saturated heterocycles. The number of methoxy groups -OCH3 is 1. The van der Waals surface area contributed by atoms with Crippen molar-refractivity contribution in [2.45, 2.75) is 13.1 Å². The number of amides is 1. The monoisotopic (exact) mass is 405 g/mol. The molecule has 8 heteroatoms. The number of rotatable bonds is 3. The zero-order valence-electron chi connectivity index (χ0n) is 15.4. The van der Waals surface area contributed by atoms with E-state index in [0.717, 1.165) is 30.2 Å². The van der Waals surface area contributed by atoms with Gasteiger partial charge < -0.3 is 4.74 Å². The van der Waals surface area contributed by atoms with Crippen LogP contribution in [0.4, 0.5) is 23.2 Å². The number of alkyl halides is 3. The van der Waals surface area contributed by atoms with Crippen LogP contribution >= 0.6 is 0 Å². The number of hydrogen-bond donors (Lipinski definition) is 0. The lowest BCUT2D eigenvalue weighted by molar-refractivity contribution is -0.137. The maximum absolute atomic E-state index is 14.1. The molecule has 0 bridgehead atoms. The summed E-state index contributed by atoms with van der Waals surface area (Å²) in [6.07, 6.45) is -3.42. The van der Waals surface area contributed by atoms with Gasteiger partial charge in [0.2, 0.25) is 0 Å². The van der Waals surface area contributed by atoms with Crippen molar-refractivity contribution in [1.82, 2.24) is 0 Å². The van der Waals surface area contributed by atoms with Crippen LogP contribution in [0.3, 0.4) is 0 Å². The molecule has 1 aliphatic rings. The first-order valence-corrected chi connectivity index (χ1v) is 8.42. The zero-order chi connectivity index (χ0) is 21.3. The second-order valence-electron chi connectivity index (χ2n) is 6.22. The van der Waals surface area contributed by atoms with Gasteiger partial charge in [0.15, 0.2) is 0 Å². The second kappa shape index (κ2) is 7.54. The van der Waals surface area contributed by atoms with E-state index < -0.39 is 29.4 Å². The Morgan fingerprint density at radius 3 is 2.41 bits per heavy atom. The quantitative estimate of drug-likeness (QED) is 0.422. The molecule has 1 heterocycles. The number of allylic oxidation sites excluding steroid dienone is 1. The molecule has 3 rings (SSSR count). The van der Waals surface area contributed by atoms with Gasteiger partial charge in [-0.3, -0.25) is 9.69 Å². The Morgan fingerprint density at radius 1 is 1.10 bits per heavy atom. The van der Waals surface area contributed by atoms with Crippen molar-refractivity contribution >= 4 is 23.6 Å². The molecule has 29 heavy (non-hydrogen) atoms. The average Bonchev–Trinajstić information content (AvgIpc) is 2.92. The van der Waals surface area contributed by atoms with Crippen molar-refractivity contribution in [3.63, 3.8) is 0 Å². The summed E-state index contributed by atoms with van der Waals surface area (Å²) in [6.45, 7) is 1.41. The lowest BCUT2D eigenvalue weighted by atomic mass is 10.0. The van der Waals surface area contributed by atoms with E-state index in [1.807, 2.05) is 0 Å². The minimum Gasteiger partial charge on any atom is -0.465 e. The van der Waals surface area contributed by atoms with Gasteiger partial charge in [0.25, 0.3) is 5.91 Å². The molecule has 0 atom stereocenters. The van der Waals surface area contributed by atoms with E-state index in [-0.39, 0.29) is 28.1 Å². The molecular formula is C21H15F4NO3. The summed E-state index contributed by atoms with van der Waals surface area (Å²) in [5.74, 6) is -2.23. The first kappa shape index (κ1) is 20.3. The van der Waals surface area contributed by atoms with Crippen LogP contribution in [-0.2, 0) is 20.5 Å². The lowest BCUT2D eigenvalue weighted by Gasteiger charge is -2.19. The van der Waals surface area contributed by atoms with E-state index in [1.54, 1.807) is 6.07 Å². The largest absolute Gasteiger partial charge is 0.465 e. The number of anilines is 1. The molecule has 0 saturated carbocycles. The van der Waals surface area contributed by atoms with Crippen LogP contribution in [0.2, 0.25) is 0 Å². The number of carbonyl (C=O) groups excluding carboxylic acids is 2. The number of halogens is 4. The van der Waals surface area contributed by atoms with Gasteiger partial charge in [-0.05, 0) is 37.3 Å². The first-order chi connectivity index (χ1) is 13.6. The van der Waals surface area contributed by atoms with Crippen LogP contribution in [0.5, 0.6) is 0 Å². The summed E-state index contributed by atoms with van der Waals surface area (Å²) in [6, 6.07) is 9.77. The summed E-state index contributed by atoms with van der Waals surface area (Å²) < 4.78 is 58.0. The molecule has 1 aliphatic heterocycles. The Kier molecular flexibility index (Phi) is 5.28. The number of carbonyl (C=O) groups is 2. The van der Waals surface area contributed by atoms with E-state index in [2.05, 4.69) is 0 Å². The Bertz CT molecular complexity index is 1050. The fourth-order valence-corrected chi connectivity index (χ4v) is 3.06. The standard InChI is InChI=1S/C21H15F4NO3/c1-12-18(20(28)29-2)16(10-13-6-3-4-9-17(13)22)19(27)26(12)15-8-5-7-14(11-15)21(23,24)25/h3-11H,1-2H3. The van der Waals surface area contributed by atoms with Crippen LogP contribution < -0.4 is 4.90 Å². The molecule has 1 amide bonds. The Balaban J connectivity index is 2.17. The second-order valence-corrected chi connectivity index (χ2v) is 6.22. The SMILES string of the molecule is COC(=O)C1=C(C)N(c2cccc(C(F)(F)F)c2)C(=O)C1=Cc1ccccc1F. The number of hydrogen-bond acceptors (Lipinski definition) is 3. The van der Waals surface area contributed by atoms with Gasteiger partial charge in [-0.2, -0.15) is 13.2 Å². The molecule has 0 radical (unpaired) electrons. The van der Waals surface area contributed by atoms with Crippen molar-refractivity contribution in [3.8, 4) is 0 Å². The molecule has 2 aromatic rings. The number of benzene rings is 2. The minimum absolute atomic E-state index is 0.0518. The van der Waals surface area contributed by atoms with Crippen LogP contribution in [0.25, 0.3) is 6.08 Å². The molecule has 4 nitrogen and oxygen atoms in total. The molecule has 2 aromatic carbocycles. The van der Waals surface area contributed by atoms with E-state index in [4.69, 9.17) is 4.74 Å². The molecule has 0 N–H and O–H groups in total.